The second kappa shape index (κ2) is 6.46. The van der Waals surface area contributed by atoms with Gasteiger partial charge >= 0.3 is 0 Å². The van der Waals surface area contributed by atoms with Crippen molar-refractivity contribution in [3.63, 3.8) is 0 Å². The third-order valence-corrected chi connectivity index (χ3v) is 6.55. The predicted octanol–water partition coefficient (Wildman–Crippen LogP) is 2.65. The van der Waals surface area contributed by atoms with Gasteiger partial charge in [0.05, 0.1) is 0 Å². The van der Waals surface area contributed by atoms with Crippen LogP contribution in [-0.4, -0.2) is 31.5 Å². The van der Waals surface area contributed by atoms with Crippen LogP contribution in [0.15, 0.2) is 0 Å². The maximum atomic E-state index is 6.28. The largest absolute Gasteiger partial charge is 0.396 e. The normalized spacial score (nSPS) is 15.6. The smallest absolute Gasteiger partial charge is 0.186 e. The maximum absolute atomic E-state index is 6.28. The Kier molecular flexibility index (Phi) is 6.67. The monoisotopic (exact) mass is 279 g/mol. The Morgan fingerprint density at radius 2 is 1.38 bits per heavy atom. The van der Waals surface area contributed by atoms with Gasteiger partial charge in [-0.15, -0.1) is 0 Å². The summed E-state index contributed by atoms with van der Waals surface area (Å²) in [6.45, 7) is 15.3. The van der Waals surface area contributed by atoms with Crippen LogP contribution in [0.5, 0.6) is 0 Å². The zero-order valence-corrected chi connectivity index (χ0v) is 15.1. The highest BCUT2D eigenvalue weighted by molar-refractivity contribution is 6.72. The van der Waals surface area contributed by atoms with Crippen LogP contribution in [0.3, 0.4) is 0 Å². The van der Waals surface area contributed by atoms with E-state index in [9.17, 15) is 0 Å². The zero-order valence-electron chi connectivity index (χ0n) is 12.0. The number of nitrogens with two attached hydrogens (primary N) is 1. The summed E-state index contributed by atoms with van der Waals surface area (Å²) in [4.78, 5) is 0. The third kappa shape index (κ3) is 8.66. The molecule has 6 heteroatoms. The molecule has 0 bridgehead atoms. The first-order valence-electron chi connectivity index (χ1n) is 6.16. The summed E-state index contributed by atoms with van der Waals surface area (Å²) in [6, 6.07) is 1.10. The molecule has 0 aromatic carbocycles. The fraction of sp³-hybridized carbons (Fsp3) is 1.00. The van der Waals surface area contributed by atoms with E-state index in [1.54, 1.807) is 0 Å². The van der Waals surface area contributed by atoms with Gasteiger partial charge in [-0.3, -0.25) is 0 Å². The number of hydrogen-bond donors (Lipinski definition) is 1. The van der Waals surface area contributed by atoms with Crippen LogP contribution in [0.25, 0.3) is 0 Å². The van der Waals surface area contributed by atoms with Gasteiger partial charge in [-0.25, -0.2) is 0 Å². The minimum Gasteiger partial charge on any atom is -0.396 e. The van der Waals surface area contributed by atoms with Crippen molar-refractivity contribution in [1.29, 1.82) is 0 Å². The molecule has 0 amide bonds. The number of rotatable bonds is 7. The average Bonchev–Trinajstić information content (AvgIpc) is 1.97. The molecular formula is C10H29NO2Si3. The highest BCUT2D eigenvalue weighted by atomic mass is 28.4. The van der Waals surface area contributed by atoms with E-state index >= 15 is 0 Å². The fourth-order valence-electron chi connectivity index (χ4n) is 1.37. The highest BCUT2D eigenvalue weighted by Gasteiger charge is 2.31. The third-order valence-electron chi connectivity index (χ3n) is 1.91. The van der Waals surface area contributed by atoms with E-state index in [1.807, 2.05) is 0 Å². The van der Waals surface area contributed by atoms with E-state index in [-0.39, 0.29) is 5.91 Å². The summed E-state index contributed by atoms with van der Waals surface area (Å²) in [5.41, 5.74) is 0. The number of hydrogen-bond acceptors (Lipinski definition) is 3. The van der Waals surface area contributed by atoms with Crippen molar-refractivity contribution in [1.82, 2.24) is 0 Å². The summed E-state index contributed by atoms with van der Waals surface area (Å²) in [5, 5.41) is 6.28. The summed E-state index contributed by atoms with van der Waals surface area (Å²) in [5.74, 6) is -0.0710. The van der Waals surface area contributed by atoms with Crippen molar-refractivity contribution >= 4 is 25.6 Å². The Balaban J connectivity index is 4.51. The van der Waals surface area contributed by atoms with Crippen LogP contribution in [0.4, 0.5) is 0 Å². The summed E-state index contributed by atoms with van der Waals surface area (Å²) in [6.07, 6.45) is 1.13. The topological polar surface area (TPSA) is 44.5 Å². The molecule has 0 aromatic rings. The van der Waals surface area contributed by atoms with Crippen LogP contribution in [0.2, 0.25) is 45.3 Å². The second-order valence-corrected chi connectivity index (χ2v) is 17.7. The maximum Gasteiger partial charge on any atom is 0.186 e. The summed E-state index contributed by atoms with van der Waals surface area (Å²) < 4.78 is 12.2. The first kappa shape index (κ1) is 16.5. The van der Waals surface area contributed by atoms with Crippen molar-refractivity contribution in [2.24, 2.45) is 5.40 Å². The first-order chi connectivity index (χ1) is 7.05. The highest BCUT2D eigenvalue weighted by Crippen LogP contribution is 2.16. The molecule has 0 radical (unpaired) electrons. The second-order valence-electron chi connectivity index (χ2n) is 6.28. The van der Waals surface area contributed by atoms with Crippen LogP contribution < -0.4 is 5.40 Å². The molecule has 0 saturated heterocycles. The molecule has 0 rings (SSSR count). The molecule has 98 valence electrons. The lowest BCUT2D eigenvalue weighted by Crippen LogP contribution is -2.52. The van der Waals surface area contributed by atoms with Gasteiger partial charge in [-0.05, 0) is 45.3 Å². The van der Waals surface area contributed by atoms with Gasteiger partial charge in [0, 0.05) is 0 Å². The van der Waals surface area contributed by atoms with E-state index in [0.717, 1.165) is 12.5 Å². The van der Waals surface area contributed by atoms with E-state index in [1.165, 1.54) is 0 Å². The Bertz CT molecular complexity index is 185. The Morgan fingerprint density at radius 1 is 1.00 bits per heavy atom. The summed E-state index contributed by atoms with van der Waals surface area (Å²) >= 11 is 0. The van der Waals surface area contributed by atoms with E-state index in [2.05, 4.69) is 46.2 Å². The molecular weight excluding hydrogens is 250 g/mol. The lowest BCUT2D eigenvalue weighted by atomic mass is 10.6. The molecule has 0 heterocycles. The standard InChI is InChI=1S/C10H29NO2Si3/c1-8-9-14(11)10(12-15(2,3)4)13-16(5,6)7/h10,14H,8-9,11H2,1-7H3. The Morgan fingerprint density at radius 3 is 1.62 bits per heavy atom. The van der Waals surface area contributed by atoms with Crippen LogP contribution in [-0.2, 0) is 8.85 Å². The molecule has 0 aromatic heterocycles. The lowest BCUT2D eigenvalue weighted by Gasteiger charge is -2.34. The molecule has 0 fully saturated rings. The molecule has 0 aliphatic rings. The van der Waals surface area contributed by atoms with Gasteiger partial charge in [0.15, 0.2) is 25.6 Å². The van der Waals surface area contributed by atoms with E-state index in [0.29, 0.717) is 0 Å². The van der Waals surface area contributed by atoms with Gasteiger partial charge in [0.2, 0.25) is 0 Å². The predicted molar refractivity (Wildman–Crippen MR) is 79.1 cm³/mol. The molecule has 0 aliphatic carbocycles. The Hall–Kier alpha value is 0.531. The minimum absolute atomic E-state index is 0.0710. The van der Waals surface area contributed by atoms with Gasteiger partial charge in [0.25, 0.3) is 0 Å². The van der Waals surface area contributed by atoms with Gasteiger partial charge in [-0.2, -0.15) is 0 Å². The van der Waals surface area contributed by atoms with Crippen LogP contribution >= 0.6 is 0 Å². The van der Waals surface area contributed by atoms with Gasteiger partial charge < -0.3 is 14.3 Å². The molecule has 0 spiro atoms. The van der Waals surface area contributed by atoms with Crippen molar-refractivity contribution in [2.45, 2.75) is 64.6 Å². The van der Waals surface area contributed by atoms with Crippen LogP contribution in [0.1, 0.15) is 13.3 Å². The SMILES string of the molecule is CCC[SiH](N)C(O[Si](C)(C)C)O[Si](C)(C)C. The van der Waals surface area contributed by atoms with Crippen LogP contribution in [0, 0.1) is 0 Å². The van der Waals surface area contributed by atoms with Gasteiger partial charge in [0.1, 0.15) is 5.91 Å². The van der Waals surface area contributed by atoms with Gasteiger partial charge in [-0.1, -0.05) is 13.3 Å². The zero-order chi connectivity index (χ0) is 13.0. The quantitative estimate of drug-likeness (QED) is 0.575. The molecule has 0 aliphatic heterocycles. The molecule has 3 nitrogen and oxygen atoms in total. The first-order valence-corrected chi connectivity index (χ1v) is 15.1. The molecule has 2 N–H and O–H groups in total. The van der Waals surface area contributed by atoms with E-state index in [4.69, 9.17) is 14.3 Å². The Labute approximate surface area is 105 Å². The van der Waals surface area contributed by atoms with Crippen molar-refractivity contribution < 1.29 is 8.85 Å². The van der Waals surface area contributed by atoms with E-state index < -0.39 is 25.6 Å². The lowest BCUT2D eigenvalue weighted by molar-refractivity contribution is 0.0562. The fourth-order valence-corrected chi connectivity index (χ4v) is 7.74. The average molecular weight is 280 g/mol. The molecule has 1 atom stereocenters. The molecule has 1 unspecified atom stereocenters. The molecule has 16 heavy (non-hydrogen) atoms. The summed E-state index contributed by atoms with van der Waals surface area (Å²) in [7, 11) is -4.51. The minimum atomic E-state index is -1.56. The van der Waals surface area contributed by atoms with Crippen molar-refractivity contribution in [3.8, 4) is 0 Å². The van der Waals surface area contributed by atoms with Crippen molar-refractivity contribution in [2.75, 3.05) is 0 Å². The van der Waals surface area contributed by atoms with Crippen molar-refractivity contribution in [3.05, 3.63) is 0 Å². The molecule has 0 saturated carbocycles.